The summed E-state index contributed by atoms with van der Waals surface area (Å²) < 4.78 is 0. The second-order valence-electron chi connectivity index (χ2n) is 9.26. The molecule has 2 atom stereocenters. The van der Waals surface area contributed by atoms with Gasteiger partial charge in [0.05, 0.1) is 0 Å². The van der Waals surface area contributed by atoms with Crippen molar-refractivity contribution in [2.75, 3.05) is 0 Å². The predicted octanol–water partition coefficient (Wildman–Crippen LogP) is 7.92. The van der Waals surface area contributed by atoms with Crippen LogP contribution in [0.4, 0.5) is 0 Å². The lowest BCUT2D eigenvalue weighted by molar-refractivity contribution is -0.422. The van der Waals surface area contributed by atoms with Crippen molar-refractivity contribution in [3.05, 3.63) is 107 Å². The SMILES string of the molecule is CC1=C(C)C2(C)OOC1(C)c1c2c(-c2ccccc2)c2ccccc2c1-c1ccccc1. The van der Waals surface area contributed by atoms with Crippen LogP contribution in [-0.4, -0.2) is 0 Å². The summed E-state index contributed by atoms with van der Waals surface area (Å²) in [7, 11) is 0. The lowest BCUT2D eigenvalue weighted by atomic mass is 9.63. The summed E-state index contributed by atoms with van der Waals surface area (Å²) in [5, 5.41) is 2.48. The fourth-order valence-corrected chi connectivity index (χ4v) is 5.67. The molecule has 0 saturated carbocycles. The Hall–Kier alpha value is -3.20. The zero-order chi connectivity index (χ0) is 22.1. The fraction of sp³-hybridized carbons (Fsp3) is 0.200. The monoisotopic (exact) mass is 418 g/mol. The normalized spacial score (nSPS) is 24.1. The van der Waals surface area contributed by atoms with Gasteiger partial charge in [0.1, 0.15) is 11.2 Å². The molecule has 2 nitrogen and oxygen atoms in total. The summed E-state index contributed by atoms with van der Waals surface area (Å²) in [6.45, 7) is 8.68. The molecule has 0 fully saturated rings. The minimum atomic E-state index is -0.657. The zero-order valence-corrected chi connectivity index (χ0v) is 18.9. The van der Waals surface area contributed by atoms with Crippen LogP contribution < -0.4 is 0 Å². The minimum absolute atomic E-state index is 0.657. The van der Waals surface area contributed by atoms with E-state index < -0.39 is 11.2 Å². The summed E-state index contributed by atoms with van der Waals surface area (Å²) in [6.07, 6.45) is 0. The number of hydrogen-bond acceptors (Lipinski definition) is 2. The molecule has 0 radical (unpaired) electrons. The Balaban J connectivity index is 1.90. The van der Waals surface area contributed by atoms with Crippen molar-refractivity contribution in [2.45, 2.75) is 38.9 Å². The van der Waals surface area contributed by atoms with Gasteiger partial charge < -0.3 is 0 Å². The standard InChI is InChI=1S/C30H26O2/c1-19-20(2)30(4)28-26(22-15-9-6-10-16-22)24-18-12-11-17-23(24)25(21-13-7-5-8-14-21)27(28)29(19,3)31-32-30/h5-18H,1-4H3. The Morgan fingerprint density at radius 2 is 0.844 bits per heavy atom. The highest BCUT2D eigenvalue weighted by atomic mass is 17.2. The topological polar surface area (TPSA) is 18.5 Å². The minimum Gasteiger partial charge on any atom is -0.220 e. The Labute approximate surface area is 189 Å². The molecule has 4 aromatic carbocycles. The Morgan fingerprint density at radius 1 is 0.500 bits per heavy atom. The van der Waals surface area contributed by atoms with Gasteiger partial charge >= 0.3 is 0 Å². The van der Waals surface area contributed by atoms with Crippen LogP contribution in [0.3, 0.4) is 0 Å². The molecule has 0 saturated heterocycles. The van der Waals surface area contributed by atoms with Gasteiger partial charge in [-0.3, -0.25) is 0 Å². The Morgan fingerprint density at radius 3 is 1.22 bits per heavy atom. The molecule has 2 bridgehead atoms. The molecule has 2 unspecified atom stereocenters. The van der Waals surface area contributed by atoms with Gasteiger partial charge in [-0.15, -0.1) is 0 Å². The molecule has 1 aliphatic carbocycles. The fourth-order valence-electron chi connectivity index (χ4n) is 5.67. The van der Waals surface area contributed by atoms with Gasteiger partial charge in [0, 0.05) is 11.1 Å². The van der Waals surface area contributed by atoms with Gasteiger partial charge in [0.15, 0.2) is 0 Å². The second-order valence-corrected chi connectivity index (χ2v) is 9.26. The maximum absolute atomic E-state index is 6.22. The molecular formula is C30H26O2. The summed E-state index contributed by atoms with van der Waals surface area (Å²) >= 11 is 0. The third-order valence-corrected chi connectivity index (χ3v) is 7.66. The van der Waals surface area contributed by atoms with Crippen molar-refractivity contribution < 1.29 is 9.78 Å². The zero-order valence-electron chi connectivity index (χ0n) is 18.9. The first-order valence-corrected chi connectivity index (χ1v) is 11.2. The van der Waals surface area contributed by atoms with Crippen molar-refractivity contribution >= 4 is 10.8 Å². The smallest absolute Gasteiger partial charge is 0.148 e. The maximum Gasteiger partial charge on any atom is 0.148 e. The summed E-state index contributed by atoms with van der Waals surface area (Å²) in [5.41, 5.74) is 8.45. The first kappa shape index (κ1) is 19.5. The highest BCUT2D eigenvalue weighted by Crippen LogP contribution is 2.61. The van der Waals surface area contributed by atoms with Gasteiger partial charge in [0.25, 0.3) is 0 Å². The molecule has 4 aromatic rings. The van der Waals surface area contributed by atoms with Crippen molar-refractivity contribution in [1.82, 2.24) is 0 Å². The van der Waals surface area contributed by atoms with Crippen LogP contribution in [0.15, 0.2) is 96.1 Å². The molecule has 0 amide bonds. The van der Waals surface area contributed by atoms with Gasteiger partial charge in [-0.1, -0.05) is 84.9 Å². The van der Waals surface area contributed by atoms with Crippen LogP contribution in [0.5, 0.6) is 0 Å². The van der Waals surface area contributed by atoms with E-state index in [0.717, 1.165) is 0 Å². The van der Waals surface area contributed by atoms with E-state index in [4.69, 9.17) is 9.78 Å². The average molecular weight is 419 g/mol. The molecule has 7 rings (SSSR count). The van der Waals surface area contributed by atoms with E-state index in [2.05, 4.69) is 113 Å². The lowest BCUT2D eigenvalue weighted by Crippen LogP contribution is -2.49. The molecule has 0 spiro atoms. The van der Waals surface area contributed by atoms with E-state index in [1.165, 1.54) is 55.3 Å². The van der Waals surface area contributed by atoms with E-state index >= 15 is 0 Å². The maximum atomic E-state index is 6.22. The first-order valence-electron chi connectivity index (χ1n) is 11.2. The predicted molar refractivity (Wildman–Crippen MR) is 130 cm³/mol. The van der Waals surface area contributed by atoms with E-state index in [-0.39, 0.29) is 0 Å². The van der Waals surface area contributed by atoms with Crippen LogP contribution in [0.1, 0.15) is 38.8 Å². The molecule has 32 heavy (non-hydrogen) atoms. The average Bonchev–Trinajstić information content (AvgIpc) is 2.84. The Kier molecular flexibility index (Phi) is 4.05. The van der Waals surface area contributed by atoms with Crippen molar-refractivity contribution in [2.24, 2.45) is 0 Å². The van der Waals surface area contributed by atoms with Crippen molar-refractivity contribution in [1.29, 1.82) is 0 Å². The molecule has 3 aliphatic rings. The van der Waals surface area contributed by atoms with E-state index in [1.54, 1.807) is 0 Å². The molecule has 0 N–H and O–H groups in total. The summed E-state index contributed by atoms with van der Waals surface area (Å²) in [5.74, 6) is 0. The van der Waals surface area contributed by atoms with Crippen molar-refractivity contribution in [3.63, 3.8) is 0 Å². The number of rotatable bonds is 2. The van der Waals surface area contributed by atoms with Gasteiger partial charge in [-0.25, -0.2) is 9.78 Å². The summed E-state index contributed by atoms with van der Waals surface area (Å²) in [6, 6.07) is 30.1. The number of hydrogen-bond donors (Lipinski definition) is 0. The van der Waals surface area contributed by atoms with Crippen LogP contribution in [0, 0.1) is 0 Å². The molecule has 0 aromatic heterocycles. The van der Waals surface area contributed by atoms with Crippen molar-refractivity contribution in [3.8, 4) is 22.3 Å². The van der Waals surface area contributed by atoms with Crippen LogP contribution in [-0.2, 0) is 21.0 Å². The highest BCUT2D eigenvalue weighted by Gasteiger charge is 2.56. The largest absolute Gasteiger partial charge is 0.220 e. The molecular weight excluding hydrogens is 392 g/mol. The Bertz CT molecular complexity index is 1290. The second kappa shape index (κ2) is 6.65. The third kappa shape index (κ3) is 2.37. The van der Waals surface area contributed by atoms with Gasteiger partial charge in [-0.2, -0.15) is 0 Å². The molecule has 158 valence electrons. The van der Waals surface area contributed by atoms with Crippen LogP contribution >= 0.6 is 0 Å². The molecule has 2 heterocycles. The number of benzene rings is 4. The van der Waals surface area contributed by atoms with Gasteiger partial charge in [0.2, 0.25) is 0 Å². The highest BCUT2D eigenvalue weighted by molar-refractivity contribution is 6.09. The summed E-state index contributed by atoms with van der Waals surface area (Å²) in [4.78, 5) is 12.4. The van der Waals surface area contributed by atoms with Crippen LogP contribution in [0.25, 0.3) is 33.0 Å². The van der Waals surface area contributed by atoms with Gasteiger partial charge in [-0.05, 0) is 71.9 Å². The lowest BCUT2D eigenvalue weighted by Gasteiger charge is -2.52. The van der Waals surface area contributed by atoms with E-state index in [0.29, 0.717) is 0 Å². The number of fused-ring (bicyclic) bond motifs is 2. The molecule has 2 heteroatoms. The molecule has 2 aliphatic heterocycles. The van der Waals surface area contributed by atoms with Crippen LogP contribution in [0.2, 0.25) is 0 Å². The van der Waals surface area contributed by atoms with E-state index in [1.807, 2.05) is 0 Å². The first-order chi connectivity index (χ1) is 15.5. The van der Waals surface area contributed by atoms with E-state index in [9.17, 15) is 0 Å². The third-order valence-electron chi connectivity index (χ3n) is 7.66. The quantitative estimate of drug-likeness (QED) is 0.243.